The third-order valence-corrected chi connectivity index (χ3v) is 6.11. The maximum Gasteiger partial charge on any atom is 0.290 e. The Bertz CT molecular complexity index is 1150. The van der Waals surface area contributed by atoms with E-state index < -0.39 is 6.04 Å². The smallest absolute Gasteiger partial charge is 0.290 e. The number of amides is 1. The summed E-state index contributed by atoms with van der Waals surface area (Å²) in [6, 6.07) is 11.3. The van der Waals surface area contributed by atoms with Crippen LogP contribution in [0.2, 0.25) is 0 Å². The van der Waals surface area contributed by atoms with Gasteiger partial charge in [-0.3, -0.25) is 9.59 Å². The molecule has 29 heavy (non-hydrogen) atoms. The van der Waals surface area contributed by atoms with Gasteiger partial charge in [0.15, 0.2) is 5.43 Å². The van der Waals surface area contributed by atoms with Crippen molar-refractivity contribution in [2.75, 3.05) is 26.5 Å². The van der Waals surface area contributed by atoms with Crippen LogP contribution in [0.25, 0.3) is 11.0 Å². The number of aryl methyl sites for hydroxylation is 2. The topological polar surface area (TPSA) is 59.8 Å². The molecule has 0 saturated heterocycles. The van der Waals surface area contributed by atoms with Gasteiger partial charge in [-0.1, -0.05) is 18.2 Å². The van der Waals surface area contributed by atoms with Crippen molar-refractivity contribution in [2.24, 2.45) is 0 Å². The Morgan fingerprint density at radius 3 is 2.52 bits per heavy atom. The van der Waals surface area contributed by atoms with Crippen molar-refractivity contribution in [1.82, 2.24) is 4.90 Å². The van der Waals surface area contributed by atoms with E-state index >= 15 is 0 Å². The molecule has 5 nitrogen and oxygen atoms in total. The van der Waals surface area contributed by atoms with Gasteiger partial charge in [-0.25, -0.2) is 0 Å². The van der Waals surface area contributed by atoms with Gasteiger partial charge < -0.3 is 14.1 Å². The van der Waals surface area contributed by atoms with Crippen molar-refractivity contribution < 1.29 is 13.9 Å². The second-order valence-corrected chi connectivity index (χ2v) is 8.18. The Hall–Kier alpha value is -2.57. The average molecular weight is 410 g/mol. The summed E-state index contributed by atoms with van der Waals surface area (Å²) in [6.07, 6.45) is 2.01. The Kier molecular flexibility index (Phi) is 5.23. The molecule has 2 heterocycles. The van der Waals surface area contributed by atoms with Crippen molar-refractivity contribution in [1.29, 1.82) is 0 Å². The highest BCUT2D eigenvalue weighted by Crippen LogP contribution is 2.38. The molecule has 3 aromatic rings. The summed E-state index contributed by atoms with van der Waals surface area (Å²) in [6.45, 7) is 4.60. The lowest BCUT2D eigenvalue weighted by molar-refractivity contribution is 0.0663. The first kappa shape index (κ1) is 19.7. The minimum absolute atomic E-state index is 0.139. The van der Waals surface area contributed by atoms with E-state index in [1.165, 1.54) is 0 Å². The maximum absolute atomic E-state index is 13.5. The fourth-order valence-corrected chi connectivity index (χ4v) is 4.44. The van der Waals surface area contributed by atoms with Crippen LogP contribution in [-0.2, 0) is 4.74 Å². The SMILES string of the molecule is COCCN1C(=O)c2oc3c(C)cc(C)cc3c(=O)c2C1c1ccc(SC)cc1. The van der Waals surface area contributed by atoms with Crippen LogP contribution in [-0.4, -0.2) is 37.3 Å². The van der Waals surface area contributed by atoms with E-state index in [4.69, 9.17) is 9.15 Å². The molecule has 0 radical (unpaired) electrons. The lowest BCUT2D eigenvalue weighted by Gasteiger charge is -2.24. The van der Waals surface area contributed by atoms with Crippen LogP contribution in [0, 0.1) is 13.8 Å². The second kappa shape index (κ2) is 7.69. The lowest BCUT2D eigenvalue weighted by Crippen LogP contribution is -2.32. The zero-order valence-electron chi connectivity index (χ0n) is 16.9. The molecule has 0 bridgehead atoms. The number of carbonyl (C=O) groups is 1. The molecule has 1 aliphatic rings. The number of methoxy groups -OCH3 is 1. The van der Waals surface area contributed by atoms with Gasteiger partial charge in [0.1, 0.15) is 5.58 Å². The van der Waals surface area contributed by atoms with Crippen LogP contribution in [0.1, 0.15) is 38.9 Å². The summed E-state index contributed by atoms with van der Waals surface area (Å²) in [7, 11) is 1.60. The van der Waals surface area contributed by atoms with Crippen molar-refractivity contribution in [3.05, 3.63) is 74.6 Å². The Morgan fingerprint density at radius 1 is 1.14 bits per heavy atom. The number of benzene rings is 2. The monoisotopic (exact) mass is 409 g/mol. The van der Waals surface area contributed by atoms with Gasteiger partial charge in [0.25, 0.3) is 5.91 Å². The molecule has 1 aliphatic heterocycles. The molecule has 0 aliphatic carbocycles. The first-order valence-corrected chi connectivity index (χ1v) is 10.7. The van der Waals surface area contributed by atoms with E-state index in [2.05, 4.69) is 0 Å². The average Bonchev–Trinajstić information content (AvgIpc) is 2.99. The Morgan fingerprint density at radius 2 is 1.86 bits per heavy atom. The van der Waals surface area contributed by atoms with E-state index in [1.54, 1.807) is 23.8 Å². The standard InChI is InChI=1S/C23H23NO4S/c1-13-11-14(2)21-17(12-13)20(25)18-19(15-5-7-16(29-4)8-6-15)24(9-10-27-3)23(26)22(18)28-21/h5-8,11-12,19H,9-10H2,1-4H3. The summed E-state index contributed by atoms with van der Waals surface area (Å²) < 4.78 is 11.3. The van der Waals surface area contributed by atoms with Crippen LogP contribution in [0.5, 0.6) is 0 Å². The molecule has 0 spiro atoms. The highest BCUT2D eigenvalue weighted by atomic mass is 32.2. The highest BCUT2D eigenvalue weighted by Gasteiger charge is 2.42. The van der Waals surface area contributed by atoms with Crippen molar-refractivity contribution >= 4 is 28.6 Å². The second-order valence-electron chi connectivity index (χ2n) is 7.30. The molecule has 0 fully saturated rings. The molecule has 0 N–H and O–H groups in total. The summed E-state index contributed by atoms with van der Waals surface area (Å²) >= 11 is 1.65. The Labute approximate surface area is 173 Å². The number of rotatable bonds is 5. The summed E-state index contributed by atoms with van der Waals surface area (Å²) in [5.74, 6) is -0.125. The number of carbonyl (C=O) groups excluding carboxylic acids is 1. The first-order chi connectivity index (χ1) is 14.0. The molecule has 2 aromatic carbocycles. The third-order valence-electron chi connectivity index (χ3n) is 5.37. The minimum Gasteiger partial charge on any atom is -0.450 e. The fraction of sp³-hybridized carbons (Fsp3) is 0.304. The molecule has 1 unspecified atom stereocenters. The number of hydrogen-bond donors (Lipinski definition) is 0. The van der Waals surface area contributed by atoms with E-state index in [0.29, 0.717) is 29.7 Å². The van der Waals surface area contributed by atoms with Gasteiger partial charge in [0, 0.05) is 18.6 Å². The van der Waals surface area contributed by atoms with Gasteiger partial charge >= 0.3 is 0 Å². The molecule has 0 saturated carbocycles. The van der Waals surface area contributed by atoms with Crippen LogP contribution >= 0.6 is 11.8 Å². The van der Waals surface area contributed by atoms with E-state index in [0.717, 1.165) is 21.6 Å². The minimum atomic E-state index is -0.481. The molecule has 1 atom stereocenters. The molecule has 1 aromatic heterocycles. The quantitative estimate of drug-likeness (QED) is 0.587. The van der Waals surface area contributed by atoms with Gasteiger partial charge in [-0.05, 0) is 55.0 Å². The number of nitrogens with zero attached hydrogens (tertiary/aromatic N) is 1. The van der Waals surface area contributed by atoms with E-state index in [1.807, 2.05) is 56.5 Å². The third kappa shape index (κ3) is 3.26. The summed E-state index contributed by atoms with van der Waals surface area (Å²) in [4.78, 5) is 29.5. The number of hydrogen-bond acceptors (Lipinski definition) is 5. The molecular formula is C23H23NO4S. The maximum atomic E-state index is 13.5. The predicted molar refractivity (Wildman–Crippen MR) is 115 cm³/mol. The van der Waals surface area contributed by atoms with Crippen LogP contribution in [0.3, 0.4) is 0 Å². The number of thioether (sulfide) groups is 1. The highest BCUT2D eigenvalue weighted by molar-refractivity contribution is 7.98. The molecular weight excluding hydrogens is 386 g/mol. The molecule has 150 valence electrons. The lowest BCUT2D eigenvalue weighted by atomic mass is 9.97. The zero-order valence-corrected chi connectivity index (χ0v) is 17.8. The van der Waals surface area contributed by atoms with Crippen molar-refractivity contribution in [2.45, 2.75) is 24.8 Å². The van der Waals surface area contributed by atoms with Gasteiger partial charge in [0.2, 0.25) is 5.76 Å². The van der Waals surface area contributed by atoms with Crippen LogP contribution < -0.4 is 5.43 Å². The van der Waals surface area contributed by atoms with Crippen molar-refractivity contribution in [3.63, 3.8) is 0 Å². The van der Waals surface area contributed by atoms with Gasteiger partial charge in [-0.2, -0.15) is 0 Å². The van der Waals surface area contributed by atoms with E-state index in [9.17, 15) is 9.59 Å². The van der Waals surface area contributed by atoms with Gasteiger partial charge in [-0.15, -0.1) is 11.8 Å². The first-order valence-electron chi connectivity index (χ1n) is 9.48. The Balaban J connectivity index is 1.97. The zero-order chi connectivity index (χ0) is 20.7. The number of ether oxygens (including phenoxy) is 1. The molecule has 4 rings (SSSR count). The molecule has 1 amide bonds. The van der Waals surface area contributed by atoms with Gasteiger partial charge in [0.05, 0.1) is 23.6 Å². The molecule has 6 heteroatoms. The van der Waals surface area contributed by atoms with E-state index in [-0.39, 0.29) is 17.1 Å². The number of fused-ring (bicyclic) bond motifs is 2. The largest absolute Gasteiger partial charge is 0.450 e. The predicted octanol–water partition coefficient (Wildman–Crippen LogP) is 4.32. The summed E-state index contributed by atoms with van der Waals surface area (Å²) in [5.41, 5.74) is 3.49. The normalized spacial score (nSPS) is 15.9. The fourth-order valence-electron chi connectivity index (χ4n) is 4.03. The van der Waals surface area contributed by atoms with Crippen LogP contribution in [0.15, 0.2) is 50.5 Å². The van der Waals surface area contributed by atoms with Crippen LogP contribution in [0.4, 0.5) is 0 Å². The summed E-state index contributed by atoms with van der Waals surface area (Å²) in [5, 5.41) is 0.522. The van der Waals surface area contributed by atoms with Crippen molar-refractivity contribution in [3.8, 4) is 0 Å².